The van der Waals surface area contributed by atoms with Gasteiger partial charge in [-0.05, 0) is 57.5 Å². The summed E-state index contributed by atoms with van der Waals surface area (Å²) in [6.45, 7) is 3.89. The number of amides is 1. The number of aliphatic hydroxyl groups is 1. The number of aliphatic hydroxyl groups excluding tert-OH is 1. The molecule has 2 aliphatic rings. The molecule has 1 saturated carbocycles. The summed E-state index contributed by atoms with van der Waals surface area (Å²) in [7, 11) is 1.83. The van der Waals surface area contributed by atoms with E-state index in [1.807, 2.05) is 14.0 Å². The molecule has 1 aliphatic heterocycles. The summed E-state index contributed by atoms with van der Waals surface area (Å²) in [6, 6.07) is 0.164. The molecular weight excluding hydrogens is 280 g/mol. The van der Waals surface area contributed by atoms with Crippen LogP contribution >= 0.6 is 0 Å². The van der Waals surface area contributed by atoms with Gasteiger partial charge in [-0.15, -0.1) is 0 Å². The number of aromatic nitrogens is 2. The number of nitrogens with zero attached hydrogens (tertiary/aromatic N) is 2. The van der Waals surface area contributed by atoms with Crippen LogP contribution in [-0.4, -0.2) is 46.0 Å². The molecule has 0 spiro atoms. The van der Waals surface area contributed by atoms with Crippen LogP contribution in [-0.2, 0) is 7.05 Å². The summed E-state index contributed by atoms with van der Waals surface area (Å²) in [5.74, 6) is 0.870. The maximum Gasteiger partial charge on any atom is 0.254 e. The maximum atomic E-state index is 12.6. The van der Waals surface area contributed by atoms with E-state index in [1.54, 1.807) is 10.9 Å². The van der Waals surface area contributed by atoms with Crippen molar-refractivity contribution < 1.29 is 9.90 Å². The SMILES string of the molecule is Cc1nn(C)cc1C(=O)N[C@@H](C1CCNCC1)C1CC(O)C1. The molecular formula is C16H26N4O2. The lowest BCUT2D eigenvalue weighted by Crippen LogP contribution is -2.52. The summed E-state index contributed by atoms with van der Waals surface area (Å²) >= 11 is 0. The van der Waals surface area contributed by atoms with Gasteiger partial charge in [0.25, 0.3) is 5.91 Å². The number of aryl methyl sites for hydroxylation is 2. The number of rotatable bonds is 4. The van der Waals surface area contributed by atoms with Crippen LogP contribution in [0, 0.1) is 18.8 Å². The fraction of sp³-hybridized carbons (Fsp3) is 0.750. The van der Waals surface area contributed by atoms with Crippen molar-refractivity contribution in [2.75, 3.05) is 13.1 Å². The highest BCUT2D eigenvalue weighted by molar-refractivity contribution is 5.95. The van der Waals surface area contributed by atoms with E-state index >= 15 is 0 Å². The fourth-order valence-electron chi connectivity index (χ4n) is 3.80. The molecule has 0 radical (unpaired) electrons. The zero-order chi connectivity index (χ0) is 15.7. The minimum Gasteiger partial charge on any atom is -0.393 e. The van der Waals surface area contributed by atoms with Gasteiger partial charge in [0.2, 0.25) is 0 Å². The first kappa shape index (κ1) is 15.5. The molecule has 1 saturated heterocycles. The summed E-state index contributed by atoms with van der Waals surface area (Å²) in [4.78, 5) is 12.6. The van der Waals surface area contributed by atoms with Crippen molar-refractivity contribution in [3.8, 4) is 0 Å². The van der Waals surface area contributed by atoms with Gasteiger partial charge in [-0.25, -0.2) is 0 Å². The lowest BCUT2D eigenvalue weighted by atomic mass is 9.71. The third kappa shape index (κ3) is 3.17. The lowest BCUT2D eigenvalue weighted by molar-refractivity contribution is 0.00918. The molecule has 22 heavy (non-hydrogen) atoms. The second kappa shape index (κ2) is 6.38. The van der Waals surface area contributed by atoms with E-state index < -0.39 is 0 Å². The zero-order valence-electron chi connectivity index (χ0n) is 13.4. The van der Waals surface area contributed by atoms with Crippen molar-refractivity contribution >= 4 is 5.91 Å². The molecule has 3 rings (SSSR count). The summed E-state index contributed by atoms with van der Waals surface area (Å²) in [6.07, 6.45) is 5.38. The Morgan fingerprint density at radius 3 is 2.64 bits per heavy atom. The van der Waals surface area contributed by atoms with Gasteiger partial charge in [-0.3, -0.25) is 9.48 Å². The Labute approximate surface area is 131 Å². The molecule has 1 aliphatic carbocycles. The van der Waals surface area contributed by atoms with Gasteiger partial charge in [0.15, 0.2) is 0 Å². The van der Waals surface area contributed by atoms with E-state index in [0.29, 0.717) is 17.4 Å². The largest absolute Gasteiger partial charge is 0.393 e. The van der Waals surface area contributed by atoms with Crippen LogP contribution in [0.15, 0.2) is 6.20 Å². The molecule has 2 heterocycles. The average Bonchev–Trinajstić information content (AvgIpc) is 2.81. The minimum absolute atomic E-state index is 0.0319. The topological polar surface area (TPSA) is 79.2 Å². The van der Waals surface area contributed by atoms with E-state index in [1.165, 1.54) is 0 Å². The summed E-state index contributed by atoms with van der Waals surface area (Å²) in [5, 5.41) is 20.5. The minimum atomic E-state index is -0.189. The van der Waals surface area contributed by atoms with Crippen LogP contribution in [0.25, 0.3) is 0 Å². The van der Waals surface area contributed by atoms with Crippen LogP contribution in [0.3, 0.4) is 0 Å². The standard InChI is InChI=1S/C16H26N4O2/c1-10-14(9-20(2)19-10)16(22)18-15(12-7-13(21)8-12)11-3-5-17-6-4-11/h9,11-13,15,17,21H,3-8H2,1-2H3,(H,18,22)/t12?,13?,15-/m0/s1. The molecule has 0 unspecified atom stereocenters. The molecule has 1 aromatic heterocycles. The predicted molar refractivity (Wildman–Crippen MR) is 83.5 cm³/mol. The highest BCUT2D eigenvalue weighted by Gasteiger charge is 2.39. The number of hydrogen-bond acceptors (Lipinski definition) is 4. The molecule has 0 aromatic carbocycles. The van der Waals surface area contributed by atoms with Crippen LogP contribution in [0.4, 0.5) is 0 Å². The lowest BCUT2D eigenvalue weighted by Gasteiger charge is -2.43. The van der Waals surface area contributed by atoms with Gasteiger partial charge in [-0.2, -0.15) is 5.10 Å². The summed E-state index contributed by atoms with van der Waals surface area (Å²) in [5.41, 5.74) is 1.42. The second-order valence-electron chi connectivity index (χ2n) is 6.77. The number of carbonyl (C=O) groups excluding carboxylic acids is 1. The van der Waals surface area contributed by atoms with Crippen LogP contribution in [0.5, 0.6) is 0 Å². The molecule has 0 bridgehead atoms. The number of hydrogen-bond donors (Lipinski definition) is 3. The van der Waals surface area contributed by atoms with Gasteiger partial charge in [0.1, 0.15) is 0 Å². The first-order valence-corrected chi connectivity index (χ1v) is 8.24. The van der Waals surface area contributed by atoms with E-state index in [2.05, 4.69) is 15.7 Å². The van der Waals surface area contributed by atoms with Crippen LogP contribution < -0.4 is 10.6 Å². The van der Waals surface area contributed by atoms with Crippen molar-refractivity contribution in [1.82, 2.24) is 20.4 Å². The van der Waals surface area contributed by atoms with Gasteiger partial charge >= 0.3 is 0 Å². The molecule has 122 valence electrons. The van der Waals surface area contributed by atoms with Gasteiger partial charge < -0.3 is 15.7 Å². The third-order valence-corrected chi connectivity index (χ3v) is 5.11. The molecule has 1 aromatic rings. The number of piperidine rings is 1. The average molecular weight is 306 g/mol. The maximum absolute atomic E-state index is 12.6. The number of nitrogens with one attached hydrogen (secondary N) is 2. The number of carbonyl (C=O) groups is 1. The first-order valence-electron chi connectivity index (χ1n) is 8.24. The first-order chi connectivity index (χ1) is 10.5. The Hall–Kier alpha value is -1.40. The second-order valence-corrected chi connectivity index (χ2v) is 6.77. The molecule has 2 fully saturated rings. The third-order valence-electron chi connectivity index (χ3n) is 5.11. The molecule has 1 amide bonds. The fourth-order valence-corrected chi connectivity index (χ4v) is 3.80. The summed E-state index contributed by atoms with van der Waals surface area (Å²) < 4.78 is 1.68. The van der Waals surface area contributed by atoms with E-state index in [-0.39, 0.29) is 18.1 Å². The normalized spacial score (nSPS) is 27.2. The Morgan fingerprint density at radius 1 is 1.41 bits per heavy atom. The Bertz CT molecular complexity index is 530. The smallest absolute Gasteiger partial charge is 0.254 e. The van der Waals surface area contributed by atoms with Gasteiger partial charge in [-0.1, -0.05) is 0 Å². The van der Waals surface area contributed by atoms with E-state index in [9.17, 15) is 9.90 Å². The molecule has 3 N–H and O–H groups in total. The zero-order valence-corrected chi connectivity index (χ0v) is 13.4. The highest BCUT2D eigenvalue weighted by Crippen LogP contribution is 2.35. The Balaban J connectivity index is 1.71. The van der Waals surface area contributed by atoms with Crippen molar-refractivity contribution in [3.05, 3.63) is 17.5 Å². The Morgan fingerprint density at radius 2 is 2.09 bits per heavy atom. The Kier molecular flexibility index (Phi) is 4.49. The van der Waals surface area contributed by atoms with Gasteiger partial charge in [0.05, 0.1) is 17.4 Å². The quantitative estimate of drug-likeness (QED) is 0.761. The van der Waals surface area contributed by atoms with Crippen molar-refractivity contribution in [2.24, 2.45) is 18.9 Å². The van der Waals surface area contributed by atoms with Crippen LogP contribution in [0.2, 0.25) is 0 Å². The van der Waals surface area contributed by atoms with Gasteiger partial charge in [0, 0.05) is 19.3 Å². The van der Waals surface area contributed by atoms with E-state index in [0.717, 1.165) is 44.5 Å². The molecule has 6 heteroatoms. The molecule has 1 atom stereocenters. The van der Waals surface area contributed by atoms with Crippen molar-refractivity contribution in [1.29, 1.82) is 0 Å². The highest BCUT2D eigenvalue weighted by atomic mass is 16.3. The predicted octanol–water partition coefficient (Wildman–Crippen LogP) is 0.597. The van der Waals surface area contributed by atoms with Crippen LogP contribution in [0.1, 0.15) is 41.7 Å². The monoisotopic (exact) mass is 306 g/mol. The van der Waals surface area contributed by atoms with Crippen molar-refractivity contribution in [2.45, 2.75) is 44.8 Å². The van der Waals surface area contributed by atoms with E-state index in [4.69, 9.17) is 0 Å². The molecule has 6 nitrogen and oxygen atoms in total. The van der Waals surface area contributed by atoms with Crippen molar-refractivity contribution in [3.63, 3.8) is 0 Å².